The zero-order valence-electron chi connectivity index (χ0n) is 10.0. The standard InChI is InChI=1S/C13H16ClNOS/c1-8(10(3)17-15)9(2)13(16)11-4-6-12(14)7-5-11/h4,6H,2,5,7,15H2,1,3H3/b10-8-. The molecule has 0 aliphatic heterocycles. The van der Waals surface area contributed by atoms with Gasteiger partial charge in [0.25, 0.3) is 0 Å². The van der Waals surface area contributed by atoms with Crippen LogP contribution in [0.25, 0.3) is 0 Å². The molecule has 0 amide bonds. The van der Waals surface area contributed by atoms with Gasteiger partial charge < -0.3 is 0 Å². The maximum atomic E-state index is 12.1. The highest BCUT2D eigenvalue weighted by Gasteiger charge is 2.17. The Kier molecular flexibility index (Phi) is 5.25. The van der Waals surface area contributed by atoms with Gasteiger partial charge in [0.05, 0.1) is 0 Å². The molecule has 0 radical (unpaired) electrons. The van der Waals surface area contributed by atoms with E-state index in [1.54, 1.807) is 12.2 Å². The molecule has 92 valence electrons. The van der Waals surface area contributed by atoms with Crippen LogP contribution in [0.1, 0.15) is 26.7 Å². The minimum atomic E-state index is -0.0173. The molecule has 1 aliphatic carbocycles. The van der Waals surface area contributed by atoms with Crippen molar-refractivity contribution in [3.63, 3.8) is 0 Å². The first kappa shape index (κ1) is 14.3. The molecular weight excluding hydrogens is 254 g/mol. The van der Waals surface area contributed by atoms with E-state index in [0.29, 0.717) is 12.0 Å². The van der Waals surface area contributed by atoms with Crippen molar-refractivity contribution in [3.8, 4) is 0 Å². The fourth-order valence-corrected chi connectivity index (χ4v) is 1.92. The molecule has 0 aromatic heterocycles. The smallest absolute Gasteiger partial charge is 0.188 e. The van der Waals surface area contributed by atoms with E-state index in [-0.39, 0.29) is 5.78 Å². The van der Waals surface area contributed by atoms with Gasteiger partial charge in [-0.05, 0) is 38.3 Å². The molecule has 0 atom stereocenters. The SMILES string of the molecule is C=C(C(=O)C1=CC=C(Cl)CC1)/C(C)=C(/C)SN. The largest absolute Gasteiger partial charge is 0.289 e. The monoisotopic (exact) mass is 269 g/mol. The first-order valence-electron chi connectivity index (χ1n) is 5.30. The highest BCUT2D eigenvalue weighted by atomic mass is 35.5. The number of halogens is 1. The second-order valence-corrected chi connectivity index (χ2v) is 5.25. The lowest BCUT2D eigenvalue weighted by atomic mass is 9.93. The Labute approximate surface area is 111 Å². The van der Waals surface area contributed by atoms with E-state index in [4.69, 9.17) is 16.7 Å². The van der Waals surface area contributed by atoms with Crippen LogP contribution in [0.15, 0.2) is 45.4 Å². The van der Waals surface area contributed by atoms with Gasteiger partial charge in [0.2, 0.25) is 0 Å². The van der Waals surface area contributed by atoms with Crippen molar-refractivity contribution < 1.29 is 4.79 Å². The molecule has 0 aromatic rings. The summed E-state index contributed by atoms with van der Waals surface area (Å²) in [7, 11) is 0. The third-order valence-electron chi connectivity index (χ3n) is 2.82. The van der Waals surface area contributed by atoms with E-state index in [9.17, 15) is 4.79 Å². The molecule has 0 saturated heterocycles. The molecule has 2 nitrogen and oxygen atoms in total. The molecular formula is C13H16ClNOS. The van der Waals surface area contributed by atoms with Crippen LogP contribution in [0.4, 0.5) is 0 Å². The number of rotatable bonds is 4. The Balaban J connectivity index is 2.89. The fourth-order valence-electron chi connectivity index (χ4n) is 1.47. The summed E-state index contributed by atoms with van der Waals surface area (Å²) in [5.41, 5.74) is 2.12. The van der Waals surface area contributed by atoms with Crippen LogP contribution in [0.5, 0.6) is 0 Å². The number of hydrogen-bond donors (Lipinski definition) is 1. The van der Waals surface area contributed by atoms with Crippen LogP contribution in [0.2, 0.25) is 0 Å². The predicted octanol–water partition coefficient (Wildman–Crippen LogP) is 3.86. The van der Waals surface area contributed by atoms with Crippen molar-refractivity contribution in [3.05, 3.63) is 45.4 Å². The van der Waals surface area contributed by atoms with E-state index in [0.717, 1.165) is 39.5 Å². The Morgan fingerprint density at radius 2 is 2.06 bits per heavy atom. The van der Waals surface area contributed by atoms with Gasteiger partial charge in [-0.15, -0.1) is 0 Å². The first-order chi connectivity index (χ1) is 7.97. The van der Waals surface area contributed by atoms with Gasteiger partial charge in [0.1, 0.15) is 0 Å². The molecule has 0 fully saturated rings. The van der Waals surface area contributed by atoms with Gasteiger partial charge >= 0.3 is 0 Å². The highest BCUT2D eigenvalue weighted by molar-refractivity contribution is 8.00. The number of allylic oxidation sites excluding steroid dienone is 7. The maximum Gasteiger partial charge on any atom is 0.188 e. The van der Waals surface area contributed by atoms with Crippen LogP contribution in [-0.2, 0) is 4.79 Å². The summed E-state index contributed by atoms with van der Waals surface area (Å²) in [6, 6.07) is 0. The van der Waals surface area contributed by atoms with Crippen LogP contribution in [0, 0.1) is 0 Å². The Morgan fingerprint density at radius 1 is 1.41 bits per heavy atom. The number of hydrogen-bond acceptors (Lipinski definition) is 3. The summed E-state index contributed by atoms with van der Waals surface area (Å²) in [4.78, 5) is 13.1. The summed E-state index contributed by atoms with van der Waals surface area (Å²) < 4.78 is 0. The van der Waals surface area contributed by atoms with Gasteiger partial charge in [-0.25, -0.2) is 0 Å². The topological polar surface area (TPSA) is 43.1 Å². The van der Waals surface area contributed by atoms with Gasteiger partial charge in [0.15, 0.2) is 5.78 Å². The van der Waals surface area contributed by atoms with Crippen molar-refractivity contribution in [2.45, 2.75) is 26.7 Å². The number of nitrogens with two attached hydrogens (primary N) is 1. The number of Topliss-reactive ketones (excluding diaryl/α,β-unsaturated/α-hetero) is 1. The van der Waals surface area contributed by atoms with E-state index in [1.165, 1.54) is 0 Å². The van der Waals surface area contributed by atoms with Gasteiger partial charge in [-0.3, -0.25) is 9.93 Å². The Hall–Kier alpha value is -0.770. The summed E-state index contributed by atoms with van der Waals surface area (Å²) >= 11 is 6.99. The average Bonchev–Trinajstić information content (AvgIpc) is 2.36. The Morgan fingerprint density at radius 3 is 2.53 bits per heavy atom. The van der Waals surface area contributed by atoms with Crippen molar-refractivity contribution in [1.29, 1.82) is 0 Å². The Bertz CT molecular complexity index is 446. The third kappa shape index (κ3) is 3.60. The molecule has 1 aliphatic rings. The van der Waals surface area contributed by atoms with Crippen molar-refractivity contribution in [2.75, 3.05) is 0 Å². The second kappa shape index (κ2) is 6.24. The van der Waals surface area contributed by atoms with Gasteiger partial charge in [-0.2, -0.15) is 0 Å². The van der Waals surface area contributed by atoms with Crippen molar-refractivity contribution in [1.82, 2.24) is 0 Å². The van der Waals surface area contributed by atoms with E-state index < -0.39 is 0 Å². The number of ketones is 1. The summed E-state index contributed by atoms with van der Waals surface area (Å²) in [6.07, 6.45) is 4.95. The quantitative estimate of drug-likeness (QED) is 0.479. The highest BCUT2D eigenvalue weighted by Crippen LogP contribution is 2.27. The summed E-state index contributed by atoms with van der Waals surface area (Å²) in [5, 5.41) is 6.26. The lowest BCUT2D eigenvalue weighted by Crippen LogP contribution is -2.09. The van der Waals surface area contributed by atoms with Crippen LogP contribution in [-0.4, -0.2) is 5.78 Å². The van der Waals surface area contributed by atoms with Crippen molar-refractivity contribution >= 4 is 29.3 Å². The molecule has 0 unspecified atom stereocenters. The molecule has 0 saturated carbocycles. The zero-order valence-corrected chi connectivity index (χ0v) is 11.6. The number of carbonyl (C=O) groups is 1. The molecule has 2 N–H and O–H groups in total. The van der Waals surface area contributed by atoms with E-state index >= 15 is 0 Å². The minimum absolute atomic E-state index is 0.0173. The molecule has 1 rings (SSSR count). The van der Waals surface area contributed by atoms with Crippen molar-refractivity contribution in [2.24, 2.45) is 5.14 Å². The van der Waals surface area contributed by atoms with Crippen LogP contribution >= 0.6 is 23.5 Å². The van der Waals surface area contributed by atoms with Gasteiger partial charge in [0, 0.05) is 21.1 Å². The normalized spacial score (nSPS) is 16.9. The molecule has 0 heterocycles. The van der Waals surface area contributed by atoms with Gasteiger partial charge in [-0.1, -0.05) is 36.2 Å². The first-order valence-corrected chi connectivity index (χ1v) is 6.56. The average molecular weight is 270 g/mol. The molecule has 4 heteroatoms. The molecule has 0 bridgehead atoms. The van der Waals surface area contributed by atoms with Crippen LogP contribution < -0.4 is 5.14 Å². The number of carbonyl (C=O) groups excluding carboxylic acids is 1. The minimum Gasteiger partial charge on any atom is -0.289 e. The zero-order chi connectivity index (χ0) is 13.0. The molecule has 17 heavy (non-hydrogen) atoms. The van der Waals surface area contributed by atoms with E-state index in [1.807, 2.05) is 13.8 Å². The summed E-state index contributed by atoms with van der Waals surface area (Å²) in [5.74, 6) is -0.0173. The lowest BCUT2D eigenvalue weighted by Gasteiger charge is -2.13. The van der Waals surface area contributed by atoms with E-state index in [2.05, 4.69) is 6.58 Å². The van der Waals surface area contributed by atoms with Crippen LogP contribution in [0.3, 0.4) is 0 Å². The third-order valence-corrected chi connectivity index (χ3v) is 3.80. The fraction of sp³-hybridized carbons (Fsp3) is 0.308. The predicted molar refractivity (Wildman–Crippen MR) is 75.6 cm³/mol. The maximum absolute atomic E-state index is 12.1. The molecule has 0 aromatic carbocycles. The lowest BCUT2D eigenvalue weighted by molar-refractivity contribution is -0.112. The summed E-state index contributed by atoms with van der Waals surface area (Å²) in [6.45, 7) is 7.59. The molecule has 0 spiro atoms. The second-order valence-electron chi connectivity index (χ2n) is 3.91.